The number of likely N-dealkylation sites (tertiary alicyclic amines) is 1. The van der Waals surface area contributed by atoms with Gasteiger partial charge in [-0.15, -0.1) is 0 Å². The molecule has 1 aromatic carbocycles. The van der Waals surface area contributed by atoms with Gasteiger partial charge in [0.1, 0.15) is 17.8 Å². The molecule has 210 valence electrons. The molecule has 2 saturated heterocycles. The van der Waals surface area contributed by atoms with E-state index in [1.807, 2.05) is 18.2 Å². The lowest BCUT2D eigenvalue weighted by atomic mass is 9.76. The van der Waals surface area contributed by atoms with E-state index in [0.29, 0.717) is 60.8 Å². The van der Waals surface area contributed by atoms with Gasteiger partial charge in [0.15, 0.2) is 0 Å². The molecule has 3 aromatic rings. The summed E-state index contributed by atoms with van der Waals surface area (Å²) in [5.41, 5.74) is 1.37. The second-order valence-corrected chi connectivity index (χ2v) is 12.7. The molecule has 4 heterocycles. The van der Waals surface area contributed by atoms with Crippen LogP contribution in [-0.4, -0.2) is 66.2 Å². The minimum absolute atomic E-state index is 0.0501. The summed E-state index contributed by atoms with van der Waals surface area (Å²) in [7, 11) is -0.605. The minimum atomic E-state index is -0.605. The SMILES string of the molecule is CC1(C)COB(c2cnc3c(c2)cc(C(=O)NCCc2ccc(Cl)cc2)c(=O)n3CC(=O)N2CC(C)(C)C2)OC1. The Morgan fingerprint density at radius 1 is 1.05 bits per heavy atom. The molecule has 0 radical (unpaired) electrons. The van der Waals surface area contributed by atoms with Crippen molar-refractivity contribution in [2.45, 2.75) is 40.7 Å². The lowest BCUT2D eigenvalue weighted by molar-refractivity contribution is -0.142. The third-order valence-electron chi connectivity index (χ3n) is 7.21. The van der Waals surface area contributed by atoms with Gasteiger partial charge in [-0.2, -0.15) is 0 Å². The lowest BCUT2D eigenvalue weighted by Gasteiger charge is -2.45. The van der Waals surface area contributed by atoms with Crippen molar-refractivity contribution in [1.29, 1.82) is 0 Å². The maximum Gasteiger partial charge on any atom is 0.495 e. The molecule has 11 heteroatoms. The normalized spacial score (nSPS) is 17.9. The number of benzene rings is 1. The molecule has 0 atom stereocenters. The summed E-state index contributed by atoms with van der Waals surface area (Å²) in [4.78, 5) is 46.1. The molecular weight excluding hydrogens is 531 g/mol. The van der Waals surface area contributed by atoms with Crippen LogP contribution in [0.25, 0.3) is 11.0 Å². The van der Waals surface area contributed by atoms with Crippen LogP contribution < -0.4 is 16.3 Å². The van der Waals surface area contributed by atoms with Crippen LogP contribution in [0.5, 0.6) is 0 Å². The standard InChI is InChI=1S/C29H34BClN4O5/c1-28(2)15-34(16-28)24(36)14-35-25-20(11-21(13-33-25)30-39-17-29(3,4)18-40-30)12-23(27(35)38)26(37)32-10-9-19-5-7-22(31)8-6-19/h5-8,11-13H,9-10,14-18H2,1-4H3,(H,32,37). The van der Waals surface area contributed by atoms with Crippen LogP contribution >= 0.6 is 11.6 Å². The summed E-state index contributed by atoms with van der Waals surface area (Å²) in [6.45, 7) is 10.7. The smallest absolute Gasteiger partial charge is 0.407 e. The quantitative estimate of drug-likeness (QED) is 0.443. The van der Waals surface area contributed by atoms with Crippen molar-refractivity contribution in [3.63, 3.8) is 0 Å². The van der Waals surface area contributed by atoms with E-state index < -0.39 is 18.6 Å². The number of nitrogens with zero attached hydrogens (tertiary/aromatic N) is 3. The van der Waals surface area contributed by atoms with Crippen molar-refractivity contribution in [3.8, 4) is 0 Å². The molecule has 0 unspecified atom stereocenters. The number of rotatable bonds is 7. The van der Waals surface area contributed by atoms with Gasteiger partial charge in [0.2, 0.25) is 5.91 Å². The third-order valence-corrected chi connectivity index (χ3v) is 7.46. The largest absolute Gasteiger partial charge is 0.495 e. The molecule has 0 saturated carbocycles. The maximum atomic E-state index is 13.6. The number of hydrogen-bond acceptors (Lipinski definition) is 6. The minimum Gasteiger partial charge on any atom is -0.407 e. The summed E-state index contributed by atoms with van der Waals surface area (Å²) in [5.74, 6) is -0.695. The Kier molecular flexibility index (Phi) is 7.78. The molecule has 40 heavy (non-hydrogen) atoms. The van der Waals surface area contributed by atoms with Gasteiger partial charge in [-0.1, -0.05) is 51.4 Å². The number of aromatic nitrogens is 2. The van der Waals surface area contributed by atoms with E-state index in [-0.39, 0.29) is 28.8 Å². The maximum absolute atomic E-state index is 13.6. The van der Waals surface area contributed by atoms with Crippen molar-refractivity contribution < 1.29 is 18.9 Å². The molecule has 2 amide bonds. The molecule has 0 bridgehead atoms. The molecule has 5 rings (SSSR count). The zero-order valence-electron chi connectivity index (χ0n) is 23.3. The first-order valence-corrected chi connectivity index (χ1v) is 13.9. The van der Waals surface area contributed by atoms with E-state index in [2.05, 4.69) is 38.0 Å². The van der Waals surface area contributed by atoms with E-state index in [1.54, 1.807) is 23.2 Å². The van der Waals surface area contributed by atoms with Crippen LogP contribution in [0.2, 0.25) is 5.02 Å². The molecule has 0 spiro atoms. The number of fused-ring (bicyclic) bond motifs is 1. The van der Waals surface area contributed by atoms with Crippen molar-refractivity contribution in [2.24, 2.45) is 10.8 Å². The first-order chi connectivity index (χ1) is 18.9. The Morgan fingerprint density at radius 2 is 1.73 bits per heavy atom. The summed E-state index contributed by atoms with van der Waals surface area (Å²) in [5, 5.41) is 4.03. The number of halogens is 1. The van der Waals surface area contributed by atoms with Crippen molar-refractivity contribution in [2.75, 3.05) is 32.8 Å². The highest BCUT2D eigenvalue weighted by Crippen LogP contribution is 2.29. The zero-order valence-corrected chi connectivity index (χ0v) is 24.1. The topological polar surface area (TPSA) is 103 Å². The average Bonchev–Trinajstić information content (AvgIpc) is 2.89. The van der Waals surface area contributed by atoms with Gasteiger partial charge in [-0.05, 0) is 41.7 Å². The fourth-order valence-corrected chi connectivity index (χ4v) is 5.20. The van der Waals surface area contributed by atoms with E-state index in [1.165, 1.54) is 10.6 Å². The van der Waals surface area contributed by atoms with E-state index in [0.717, 1.165) is 5.56 Å². The van der Waals surface area contributed by atoms with Gasteiger partial charge in [0, 0.05) is 60.3 Å². The van der Waals surface area contributed by atoms with Crippen molar-refractivity contribution >= 4 is 47.0 Å². The highest BCUT2D eigenvalue weighted by Gasteiger charge is 2.37. The lowest BCUT2D eigenvalue weighted by Crippen LogP contribution is -2.56. The van der Waals surface area contributed by atoms with Crippen molar-refractivity contribution in [3.05, 3.63) is 69.1 Å². The number of nitrogens with one attached hydrogen (secondary N) is 1. The molecule has 2 aliphatic heterocycles. The van der Waals surface area contributed by atoms with Crippen LogP contribution in [-0.2, 0) is 27.1 Å². The second kappa shape index (κ2) is 11.0. The Hall–Kier alpha value is -3.21. The van der Waals surface area contributed by atoms with E-state index in [4.69, 9.17) is 20.9 Å². The van der Waals surface area contributed by atoms with Crippen LogP contribution in [0.4, 0.5) is 0 Å². The first kappa shape index (κ1) is 28.3. The third kappa shape index (κ3) is 6.24. The van der Waals surface area contributed by atoms with Crippen LogP contribution in [0.3, 0.4) is 0 Å². The summed E-state index contributed by atoms with van der Waals surface area (Å²) >= 11 is 5.96. The Morgan fingerprint density at radius 3 is 2.38 bits per heavy atom. The number of hydrogen-bond donors (Lipinski definition) is 1. The predicted octanol–water partition coefficient (Wildman–Crippen LogP) is 2.66. The summed E-state index contributed by atoms with van der Waals surface area (Å²) in [6, 6.07) is 10.7. The zero-order chi connectivity index (χ0) is 28.7. The highest BCUT2D eigenvalue weighted by molar-refractivity contribution is 6.61. The van der Waals surface area contributed by atoms with Gasteiger partial charge in [0.05, 0.1) is 0 Å². The Balaban J connectivity index is 1.43. The van der Waals surface area contributed by atoms with Gasteiger partial charge in [-0.25, -0.2) is 4.98 Å². The van der Waals surface area contributed by atoms with Gasteiger partial charge < -0.3 is 19.5 Å². The fraction of sp³-hybridized carbons (Fsp3) is 0.448. The number of carbonyl (C=O) groups excluding carboxylic acids is 2. The molecule has 1 N–H and O–H groups in total. The van der Waals surface area contributed by atoms with Crippen LogP contribution in [0.1, 0.15) is 43.6 Å². The predicted molar refractivity (Wildman–Crippen MR) is 155 cm³/mol. The highest BCUT2D eigenvalue weighted by atomic mass is 35.5. The summed E-state index contributed by atoms with van der Waals surface area (Å²) in [6.07, 6.45) is 2.18. The van der Waals surface area contributed by atoms with Gasteiger partial charge in [0.25, 0.3) is 11.5 Å². The van der Waals surface area contributed by atoms with E-state index in [9.17, 15) is 14.4 Å². The molecule has 9 nitrogen and oxygen atoms in total. The van der Waals surface area contributed by atoms with Crippen molar-refractivity contribution in [1.82, 2.24) is 19.8 Å². The Bertz CT molecular complexity index is 1490. The fourth-order valence-electron chi connectivity index (χ4n) is 5.07. The molecular formula is C29H34BClN4O5. The summed E-state index contributed by atoms with van der Waals surface area (Å²) < 4.78 is 13.1. The monoisotopic (exact) mass is 564 g/mol. The second-order valence-electron chi connectivity index (χ2n) is 12.3. The first-order valence-electron chi connectivity index (χ1n) is 13.5. The average molecular weight is 565 g/mol. The number of amides is 2. The Labute approximate surface area is 238 Å². The van der Waals surface area contributed by atoms with Crippen LogP contribution in [0.15, 0.2) is 47.4 Å². The molecule has 2 fully saturated rings. The van der Waals surface area contributed by atoms with Gasteiger partial charge >= 0.3 is 7.12 Å². The molecule has 2 aromatic heterocycles. The van der Waals surface area contributed by atoms with Gasteiger partial charge in [-0.3, -0.25) is 19.0 Å². The molecule has 2 aliphatic rings. The number of carbonyl (C=O) groups is 2. The molecule has 0 aliphatic carbocycles. The van der Waals surface area contributed by atoms with Crippen LogP contribution in [0, 0.1) is 10.8 Å². The number of pyridine rings is 2. The van der Waals surface area contributed by atoms with E-state index >= 15 is 0 Å².